The van der Waals surface area contributed by atoms with E-state index in [1.807, 2.05) is 47.4 Å². The van der Waals surface area contributed by atoms with E-state index in [1.165, 1.54) is 16.7 Å². The standard InChI is InChI=1S/C23H21NO/c25-23-21(16-18-10-4-1-5-11-18)22(20-14-8-3-9-15-20)24(23)17-19-12-6-2-7-13-19/h1-15,21-22H,16-17H2. The molecule has 1 aliphatic rings. The van der Waals surface area contributed by atoms with Gasteiger partial charge in [0, 0.05) is 6.54 Å². The first-order valence-electron chi connectivity index (χ1n) is 8.76. The Labute approximate surface area is 148 Å². The molecular weight excluding hydrogens is 306 g/mol. The van der Waals surface area contributed by atoms with Gasteiger partial charge in [0.05, 0.1) is 12.0 Å². The molecule has 1 aliphatic heterocycles. The molecule has 1 saturated heterocycles. The Hall–Kier alpha value is -2.87. The summed E-state index contributed by atoms with van der Waals surface area (Å²) in [6.07, 6.45) is 0.796. The number of carbonyl (C=O) groups is 1. The van der Waals surface area contributed by atoms with Crippen LogP contribution in [0, 0.1) is 5.92 Å². The lowest BCUT2D eigenvalue weighted by Gasteiger charge is -2.48. The first kappa shape index (κ1) is 15.6. The quantitative estimate of drug-likeness (QED) is 0.626. The zero-order chi connectivity index (χ0) is 17.1. The molecule has 0 saturated carbocycles. The number of hydrogen-bond donors (Lipinski definition) is 0. The molecule has 25 heavy (non-hydrogen) atoms. The summed E-state index contributed by atoms with van der Waals surface area (Å²) in [5.41, 5.74) is 3.62. The van der Waals surface area contributed by atoms with Gasteiger partial charge in [0.1, 0.15) is 0 Å². The number of hydrogen-bond acceptors (Lipinski definition) is 1. The number of likely N-dealkylation sites (tertiary alicyclic amines) is 1. The monoisotopic (exact) mass is 327 g/mol. The molecule has 3 aromatic rings. The number of amides is 1. The van der Waals surface area contributed by atoms with E-state index in [2.05, 4.69) is 48.5 Å². The molecule has 0 aliphatic carbocycles. The van der Waals surface area contributed by atoms with Gasteiger partial charge in [-0.2, -0.15) is 0 Å². The maximum Gasteiger partial charge on any atom is 0.229 e. The van der Waals surface area contributed by atoms with Crippen LogP contribution < -0.4 is 0 Å². The van der Waals surface area contributed by atoms with Crippen molar-refractivity contribution in [2.24, 2.45) is 5.92 Å². The SMILES string of the molecule is O=C1C(Cc2ccccc2)C(c2ccccc2)N1Cc1ccccc1. The number of carbonyl (C=O) groups excluding carboxylic acids is 1. The van der Waals surface area contributed by atoms with Gasteiger partial charge in [-0.25, -0.2) is 0 Å². The summed E-state index contributed by atoms with van der Waals surface area (Å²) in [4.78, 5) is 14.9. The van der Waals surface area contributed by atoms with Crippen LogP contribution in [0.25, 0.3) is 0 Å². The van der Waals surface area contributed by atoms with E-state index in [0.717, 1.165) is 6.42 Å². The Morgan fingerprint density at radius 1 is 0.680 bits per heavy atom. The van der Waals surface area contributed by atoms with Crippen molar-refractivity contribution in [2.45, 2.75) is 19.0 Å². The Morgan fingerprint density at radius 2 is 1.20 bits per heavy atom. The third-order valence-electron chi connectivity index (χ3n) is 4.95. The molecule has 3 aromatic carbocycles. The minimum absolute atomic E-state index is 0.0218. The second kappa shape index (κ2) is 6.94. The van der Waals surface area contributed by atoms with Crippen molar-refractivity contribution in [1.29, 1.82) is 0 Å². The van der Waals surface area contributed by atoms with E-state index in [9.17, 15) is 4.79 Å². The van der Waals surface area contributed by atoms with Gasteiger partial charge in [-0.3, -0.25) is 4.79 Å². The lowest BCUT2D eigenvalue weighted by atomic mass is 9.78. The predicted octanol–water partition coefficient (Wildman–Crippen LogP) is 4.63. The maximum absolute atomic E-state index is 12.9. The highest BCUT2D eigenvalue weighted by atomic mass is 16.2. The van der Waals surface area contributed by atoms with Gasteiger partial charge in [0.25, 0.3) is 0 Å². The molecule has 4 rings (SSSR count). The molecule has 1 heterocycles. The third-order valence-corrected chi connectivity index (χ3v) is 4.95. The van der Waals surface area contributed by atoms with Crippen LogP contribution >= 0.6 is 0 Å². The molecule has 0 N–H and O–H groups in total. The zero-order valence-electron chi connectivity index (χ0n) is 14.1. The summed E-state index contributed by atoms with van der Waals surface area (Å²) in [7, 11) is 0. The van der Waals surface area contributed by atoms with Crippen LogP contribution in [0.2, 0.25) is 0 Å². The molecule has 1 amide bonds. The minimum atomic E-state index is 0.0218. The second-order valence-corrected chi connectivity index (χ2v) is 6.60. The van der Waals surface area contributed by atoms with E-state index in [0.29, 0.717) is 6.54 Å². The smallest absolute Gasteiger partial charge is 0.229 e. The van der Waals surface area contributed by atoms with E-state index in [4.69, 9.17) is 0 Å². The van der Waals surface area contributed by atoms with E-state index in [-0.39, 0.29) is 17.9 Å². The lowest BCUT2D eigenvalue weighted by Crippen LogP contribution is -2.55. The summed E-state index contributed by atoms with van der Waals surface area (Å²) < 4.78 is 0. The zero-order valence-corrected chi connectivity index (χ0v) is 14.1. The van der Waals surface area contributed by atoms with Gasteiger partial charge in [-0.05, 0) is 23.1 Å². The van der Waals surface area contributed by atoms with E-state index >= 15 is 0 Å². The highest BCUT2D eigenvalue weighted by molar-refractivity contribution is 5.87. The molecule has 2 atom stereocenters. The molecular formula is C23H21NO. The molecule has 0 bridgehead atoms. The van der Waals surface area contributed by atoms with Crippen LogP contribution in [0.4, 0.5) is 0 Å². The Morgan fingerprint density at radius 3 is 1.80 bits per heavy atom. The van der Waals surface area contributed by atoms with Crippen molar-refractivity contribution in [3.05, 3.63) is 108 Å². The highest BCUT2D eigenvalue weighted by Crippen LogP contribution is 2.42. The minimum Gasteiger partial charge on any atom is -0.330 e. The number of rotatable bonds is 5. The second-order valence-electron chi connectivity index (χ2n) is 6.60. The van der Waals surface area contributed by atoms with Gasteiger partial charge in [-0.1, -0.05) is 91.0 Å². The van der Waals surface area contributed by atoms with E-state index in [1.54, 1.807) is 0 Å². The van der Waals surface area contributed by atoms with E-state index < -0.39 is 0 Å². The number of nitrogens with zero attached hydrogens (tertiary/aromatic N) is 1. The van der Waals surface area contributed by atoms with Crippen molar-refractivity contribution in [3.8, 4) is 0 Å². The first-order valence-corrected chi connectivity index (χ1v) is 8.76. The fraction of sp³-hybridized carbons (Fsp3) is 0.174. The summed E-state index contributed by atoms with van der Waals surface area (Å²) in [6, 6.07) is 31.1. The van der Waals surface area contributed by atoms with Crippen LogP contribution in [-0.2, 0) is 17.8 Å². The molecule has 0 spiro atoms. The average molecular weight is 327 g/mol. The van der Waals surface area contributed by atoms with Crippen LogP contribution in [-0.4, -0.2) is 10.8 Å². The van der Waals surface area contributed by atoms with Gasteiger partial charge in [0.15, 0.2) is 0 Å². The highest BCUT2D eigenvalue weighted by Gasteiger charge is 2.47. The Kier molecular flexibility index (Phi) is 4.34. The lowest BCUT2D eigenvalue weighted by molar-refractivity contribution is -0.158. The summed E-state index contributed by atoms with van der Waals surface area (Å²) in [6.45, 7) is 0.671. The Balaban J connectivity index is 1.60. The average Bonchev–Trinajstić information content (AvgIpc) is 2.69. The summed E-state index contributed by atoms with van der Waals surface area (Å²) in [5.74, 6) is 0.273. The molecule has 124 valence electrons. The number of benzene rings is 3. The normalized spacial score (nSPS) is 19.5. The summed E-state index contributed by atoms with van der Waals surface area (Å²) in [5, 5.41) is 0. The van der Waals surface area contributed by atoms with Crippen LogP contribution in [0.5, 0.6) is 0 Å². The van der Waals surface area contributed by atoms with Gasteiger partial charge in [0.2, 0.25) is 5.91 Å². The largest absolute Gasteiger partial charge is 0.330 e. The fourth-order valence-electron chi connectivity index (χ4n) is 3.71. The Bertz CT molecular complexity index is 778. The molecule has 0 radical (unpaired) electrons. The topological polar surface area (TPSA) is 20.3 Å². The summed E-state index contributed by atoms with van der Waals surface area (Å²) >= 11 is 0. The molecule has 1 fully saturated rings. The predicted molar refractivity (Wildman–Crippen MR) is 99.8 cm³/mol. The van der Waals surface area contributed by atoms with Crippen molar-refractivity contribution in [3.63, 3.8) is 0 Å². The molecule has 2 nitrogen and oxygen atoms in total. The first-order chi connectivity index (χ1) is 12.3. The number of β-lactam (4-membered cyclic amide) rings is 1. The van der Waals surface area contributed by atoms with Crippen molar-refractivity contribution < 1.29 is 4.79 Å². The van der Waals surface area contributed by atoms with Crippen molar-refractivity contribution in [2.75, 3.05) is 0 Å². The van der Waals surface area contributed by atoms with Gasteiger partial charge >= 0.3 is 0 Å². The molecule has 2 heteroatoms. The fourth-order valence-corrected chi connectivity index (χ4v) is 3.71. The van der Waals surface area contributed by atoms with Crippen molar-refractivity contribution in [1.82, 2.24) is 4.90 Å². The van der Waals surface area contributed by atoms with Gasteiger partial charge < -0.3 is 4.90 Å². The van der Waals surface area contributed by atoms with Gasteiger partial charge in [-0.15, -0.1) is 0 Å². The molecule has 2 unspecified atom stereocenters. The maximum atomic E-state index is 12.9. The van der Waals surface area contributed by atoms with Crippen LogP contribution in [0.15, 0.2) is 91.0 Å². The van der Waals surface area contributed by atoms with Crippen LogP contribution in [0.1, 0.15) is 22.7 Å². The third kappa shape index (κ3) is 3.20. The molecule has 0 aromatic heterocycles. The van der Waals surface area contributed by atoms with Crippen LogP contribution in [0.3, 0.4) is 0 Å². The van der Waals surface area contributed by atoms with Crippen molar-refractivity contribution >= 4 is 5.91 Å².